The van der Waals surface area contributed by atoms with Crippen LogP contribution in [-0.2, 0) is 53.3 Å². The topological polar surface area (TPSA) is 200 Å². The van der Waals surface area contributed by atoms with E-state index in [0.29, 0.717) is 48.8 Å². The number of alkyl carbamates (subject to hydrolysis) is 1. The summed E-state index contributed by atoms with van der Waals surface area (Å²) in [5.41, 5.74) is 1.69. The van der Waals surface area contributed by atoms with E-state index in [1.54, 1.807) is 33.9 Å². The molecule has 1 heterocycles. The number of benzene rings is 4. The van der Waals surface area contributed by atoms with Gasteiger partial charge in [0.25, 0.3) is 0 Å². The molecule has 0 aliphatic carbocycles. The molecule has 0 aliphatic heterocycles. The van der Waals surface area contributed by atoms with Crippen molar-refractivity contribution in [2.75, 3.05) is 65.4 Å². The molecule has 0 unspecified atom stereocenters. The predicted molar refractivity (Wildman–Crippen MR) is 310 cm³/mol. The standard InChI is InChI=1S/C55H85N9O9S2Si2/c1-53(2,3)72-52(65)56-37-46(73-77(15,16)55(7,8)9)38-57-74(66,67)48-32-31-47(62(11)34-33-61(10)35-36-71-76(13,14)54(4,5)6)49(51-58-60-64(59-51)41-44-27-29-45(70-12)30-28-44)50(48)75(68,69)63(39-42-23-19-17-20-24-42)40-43-25-21-18-22-26-43/h17-32,46,57H,33-41H2,1-16H3,(H,56,65)/t46-/m1/s1. The summed E-state index contributed by atoms with van der Waals surface area (Å²) in [5.74, 6) is 0.559. The summed E-state index contributed by atoms with van der Waals surface area (Å²) in [6, 6.07) is 28.6. The lowest BCUT2D eigenvalue weighted by molar-refractivity contribution is 0.0498. The Bertz CT molecular complexity index is 2890. The van der Waals surface area contributed by atoms with Crippen molar-refractivity contribution in [3.05, 3.63) is 114 Å². The molecule has 0 radical (unpaired) electrons. The minimum absolute atomic E-state index is 0.0490. The Balaban J connectivity index is 1.71. The molecular formula is C55H85N9O9S2Si2. The first kappa shape index (κ1) is 62.8. The van der Waals surface area contributed by atoms with Crippen LogP contribution in [0.4, 0.5) is 10.5 Å². The van der Waals surface area contributed by atoms with E-state index in [0.717, 1.165) is 5.56 Å². The Hall–Kier alpha value is -5.05. The van der Waals surface area contributed by atoms with Crippen LogP contribution in [0.2, 0.25) is 36.3 Å². The maximum Gasteiger partial charge on any atom is 0.407 e. The third kappa shape index (κ3) is 17.7. The number of sulfonamides is 2. The maximum atomic E-state index is 16.2. The highest BCUT2D eigenvalue weighted by Crippen LogP contribution is 2.42. The first-order valence-electron chi connectivity index (χ1n) is 26.1. The highest BCUT2D eigenvalue weighted by atomic mass is 32.2. The molecule has 0 aliphatic rings. The van der Waals surface area contributed by atoms with Crippen molar-refractivity contribution in [2.45, 2.75) is 140 Å². The Morgan fingerprint density at radius 2 is 1.29 bits per heavy atom. The van der Waals surface area contributed by atoms with Crippen LogP contribution in [0.5, 0.6) is 5.75 Å². The van der Waals surface area contributed by atoms with Crippen LogP contribution < -0.4 is 19.7 Å². The molecule has 0 saturated heterocycles. The van der Waals surface area contributed by atoms with Gasteiger partial charge in [-0.05, 0) is 110 Å². The highest BCUT2D eigenvalue weighted by Gasteiger charge is 2.42. The number of amides is 1. The lowest BCUT2D eigenvalue weighted by atomic mass is 10.1. The van der Waals surface area contributed by atoms with E-state index in [2.05, 4.69) is 79.9 Å². The Labute approximate surface area is 461 Å². The molecule has 5 aromatic rings. The number of tetrazole rings is 1. The average Bonchev–Trinajstić information content (AvgIpc) is 3.81. The van der Waals surface area contributed by atoms with Crippen LogP contribution in [0.3, 0.4) is 0 Å². The molecule has 0 fully saturated rings. The molecule has 22 heteroatoms. The Kier molecular flexibility index (Phi) is 21.1. The van der Waals surface area contributed by atoms with Crippen molar-refractivity contribution < 1.29 is 40.0 Å². The normalized spacial score (nSPS) is 13.5. The molecule has 1 atom stereocenters. The van der Waals surface area contributed by atoms with Gasteiger partial charge in [0.05, 0.1) is 25.3 Å². The second kappa shape index (κ2) is 25.8. The van der Waals surface area contributed by atoms with Gasteiger partial charge in [0.15, 0.2) is 16.6 Å². The zero-order valence-corrected chi connectivity index (χ0v) is 51.9. The number of likely N-dealkylation sites (N-methyl/N-ethyl adjacent to an activating group) is 2. The molecule has 5 rings (SSSR count). The molecule has 424 valence electrons. The fourth-order valence-corrected chi connectivity index (χ4v) is 13.4. The zero-order valence-electron chi connectivity index (χ0n) is 48.3. The molecule has 0 spiro atoms. The van der Waals surface area contributed by atoms with Crippen LogP contribution in [0.1, 0.15) is 79.0 Å². The fourth-order valence-electron chi connectivity index (χ4n) is 7.56. The number of anilines is 1. The van der Waals surface area contributed by atoms with Gasteiger partial charge >= 0.3 is 6.09 Å². The maximum absolute atomic E-state index is 16.2. The molecule has 2 N–H and O–H groups in total. The van der Waals surface area contributed by atoms with Crippen LogP contribution in [0.25, 0.3) is 11.4 Å². The lowest BCUT2D eigenvalue weighted by Crippen LogP contribution is -2.51. The van der Waals surface area contributed by atoms with E-state index in [1.807, 2.05) is 117 Å². The molecule has 0 bridgehead atoms. The van der Waals surface area contributed by atoms with Gasteiger partial charge in [-0.2, -0.15) is 9.10 Å². The summed E-state index contributed by atoms with van der Waals surface area (Å²) < 4.78 is 91.4. The van der Waals surface area contributed by atoms with Crippen LogP contribution in [0, 0.1) is 0 Å². The summed E-state index contributed by atoms with van der Waals surface area (Å²) in [5, 5.41) is 16.3. The number of nitrogens with one attached hydrogen (secondary N) is 2. The minimum atomic E-state index is -4.86. The summed E-state index contributed by atoms with van der Waals surface area (Å²) in [7, 11) is -8.84. The van der Waals surface area contributed by atoms with E-state index in [-0.39, 0.29) is 54.2 Å². The van der Waals surface area contributed by atoms with Crippen molar-refractivity contribution >= 4 is 48.5 Å². The van der Waals surface area contributed by atoms with Crippen LogP contribution in [-0.4, -0.2) is 141 Å². The Morgan fingerprint density at radius 1 is 0.714 bits per heavy atom. The number of rotatable bonds is 26. The number of nitrogens with zero attached hydrogens (tertiary/aromatic N) is 7. The third-order valence-electron chi connectivity index (χ3n) is 14.2. The van der Waals surface area contributed by atoms with Gasteiger partial charge in [-0.3, -0.25) is 0 Å². The summed E-state index contributed by atoms with van der Waals surface area (Å²) in [6.07, 6.45) is -1.59. The monoisotopic (exact) mass is 1140 g/mol. The second-order valence-electron chi connectivity index (χ2n) is 23.6. The third-order valence-corrected chi connectivity index (χ3v) is 26.7. The SMILES string of the molecule is COc1ccc(Cn2nnc(-c3c(N(C)CCN(C)CCO[Si](C)(C)C(C)(C)C)ccc(S(=O)(=O)NC[C@@H](CNC(=O)OC(C)(C)C)O[Si](C)(C)C(C)(C)C)c3S(=O)(=O)N(Cc3ccccc3)Cc3ccccc3)n2)cc1. The van der Waals surface area contributed by atoms with Crippen LogP contribution in [0.15, 0.2) is 107 Å². The fraction of sp³-hybridized carbons (Fsp3) is 0.527. The minimum Gasteiger partial charge on any atom is -0.497 e. The first-order valence-corrected chi connectivity index (χ1v) is 34.8. The van der Waals surface area contributed by atoms with E-state index >= 15 is 16.8 Å². The van der Waals surface area contributed by atoms with Gasteiger partial charge in [0.1, 0.15) is 21.1 Å². The summed E-state index contributed by atoms with van der Waals surface area (Å²) >= 11 is 0. The first-order chi connectivity index (χ1) is 35.7. The predicted octanol–water partition coefficient (Wildman–Crippen LogP) is 9.37. The molecule has 1 aromatic heterocycles. The summed E-state index contributed by atoms with van der Waals surface area (Å²) in [6.45, 7) is 28.2. The number of hydrogen-bond donors (Lipinski definition) is 2. The number of hydrogen-bond acceptors (Lipinski definition) is 14. The molecular weight excluding hydrogens is 1050 g/mol. The van der Waals surface area contributed by atoms with Crippen molar-refractivity contribution in [1.29, 1.82) is 0 Å². The van der Waals surface area contributed by atoms with Crippen LogP contribution >= 0.6 is 0 Å². The van der Waals surface area contributed by atoms with Gasteiger partial charge in [0, 0.05) is 65.2 Å². The van der Waals surface area contributed by atoms with Gasteiger partial charge in [-0.25, -0.2) is 26.4 Å². The molecule has 77 heavy (non-hydrogen) atoms. The van der Waals surface area contributed by atoms with Gasteiger partial charge in [0.2, 0.25) is 25.9 Å². The quantitative estimate of drug-likeness (QED) is 0.0496. The number of carbonyl (C=O) groups excluding carboxylic acids is 1. The second-order valence-corrected chi connectivity index (χ2v) is 36.8. The number of carbonyl (C=O) groups is 1. The molecule has 1 amide bonds. The Morgan fingerprint density at radius 3 is 1.82 bits per heavy atom. The van der Waals surface area contributed by atoms with Gasteiger partial charge in [-0.15, -0.1) is 10.2 Å². The van der Waals surface area contributed by atoms with Crippen molar-refractivity contribution in [3.8, 4) is 17.1 Å². The molecule has 0 saturated carbocycles. The van der Waals surface area contributed by atoms with E-state index in [4.69, 9.17) is 23.4 Å². The lowest BCUT2D eigenvalue weighted by Gasteiger charge is -2.39. The van der Waals surface area contributed by atoms with Crippen molar-refractivity contribution in [2.24, 2.45) is 0 Å². The smallest absolute Gasteiger partial charge is 0.407 e. The van der Waals surface area contributed by atoms with E-state index in [1.165, 1.54) is 15.2 Å². The van der Waals surface area contributed by atoms with Gasteiger partial charge < -0.3 is 33.4 Å². The molecule has 18 nitrogen and oxygen atoms in total. The zero-order chi connectivity index (χ0) is 57.2. The van der Waals surface area contributed by atoms with E-state index in [9.17, 15) is 4.79 Å². The number of aromatic nitrogens is 4. The van der Waals surface area contributed by atoms with Crippen molar-refractivity contribution in [1.82, 2.24) is 39.5 Å². The number of methoxy groups -OCH3 is 1. The average molecular weight is 1140 g/mol. The number of ether oxygens (including phenoxy) is 2. The van der Waals surface area contributed by atoms with Gasteiger partial charge in [-0.1, -0.05) is 114 Å². The van der Waals surface area contributed by atoms with E-state index < -0.39 is 64.3 Å². The largest absolute Gasteiger partial charge is 0.497 e. The molecule has 4 aromatic carbocycles. The highest BCUT2D eigenvalue weighted by molar-refractivity contribution is 7.92. The summed E-state index contributed by atoms with van der Waals surface area (Å²) in [4.78, 5) is 17.3. The van der Waals surface area contributed by atoms with Crippen molar-refractivity contribution in [3.63, 3.8) is 0 Å².